The van der Waals surface area contributed by atoms with Gasteiger partial charge in [0, 0.05) is 13.0 Å². The van der Waals surface area contributed by atoms with Crippen LogP contribution in [0, 0.1) is 11.8 Å². The van der Waals surface area contributed by atoms with Gasteiger partial charge in [0.05, 0.1) is 6.10 Å². The van der Waals surface area contributed by atoms with Crippen molar-refractivity contribution in [1.29, 1.82) is 0 Å². The van der Waals surface area contributed by atoms with E-state index in [9.17, 15) is 0 Å². The van der Waals surface area contributed by atoms with E-state index in [-0.39, 0.29) is 5.79 Å². The summed E-state index contributed by atoms with van der Waals surface area (Å²) in [6.45, 7) is 8.82. The summed E-state index contributed by atoms with van der Waals surface area (Å²) in [6.07, 6.45) is 5.09. The number of hydrogen-bond acceptors (Lipinski definition) is 2. The third kappa shape index (κ3) is 2.36. The molecule has 1 saturated heterocycles. The molecule has 0 bridgehead atoms. The van der Waals surface area contributed by atoms with Crippen LogP contribution in [0.15, 0.2) is 0 Å². The van der Waals surface area contributed by atoms with Crippen molar-refractivity contribution in [3.8, 4) is 0 Å². The highest BCUT2D eigenvalue weighted by Gasteiger charge is 2.50. The minimum atomic E-state index is -0.352. The summed E-state index contributed by atoms with van der Waals surface area (Å²) >= 11 is 0. The van der Waals surface area contributed by atoms with E-state index < -0.39 is 0 Å². The van der Waals surface area contributed by atoms with E-state index in [1.165, 1.54) is 12.8 Å². The van der Waals surface area contributed by atoms with Gasteiger partial charge in [-0.2, -0.15) is 0 Å². The standard InChI is InChI=1S/C13H26O2/c1-6-9-12-10(7-2)11(8-3)13(4,14-5)15-12/h10-12H,6-9H2,1-5H3/t10-,11?,12?,13-/m0/s1. The van der Waals surface area contributed by atoms with Crippen molar-refractivity contribution in [3.05, 3.63) is 0 Å². The van der Waals surface area contributed by atoms with Gasteiger partial charge >= 0.3 is 0 Å². The number of rotatable bonds is 5. The lowest BCUT2D eigenvalue weighted by atomic mass is 9.81. The Labute approximate surface area is 94.3 Å². The Bertz CT molecular complexity index is 193. The zero-order valence-corrected chi connectivity index (χ0v) is 10.9. The van der Waals surface area contributed by atoms with Gasteiger partial charge in [0.2, 0.25) is 0 Å². The molecule has 1 aliphatic rings. The zero-order chi connectivity index (χ0) is 11.5. The molecule has 0 saturated carbocycles. The van der Waals surface area contributed by atoms with Crippen molar-refractivity contribution >= 4 is 0 Å². The van der Waals surface area contributed by atoms with Crippen LogP contribution in [0.2, 0.25) is 0 Å². The minimum absolute atomic E-state index is 0.352. The second-order valence-electron chi connectivity index (χ2n) is 4.75. The fraction of sp³-hybridized carbons (Fsp3) is 1.00. The Kier molecular flexibility index (Phi) is 4.60. The molecule has 1 aliphatic heterocycles. The van der Waals surface area contributed by atoms with E-state index in [1.54, 1.807) is 7.11 Å². The first-order valence-corrected chi connectivity index (χ1v) is 6.35. The second kappa shape index (κ2) is 5.31. The fourth-order valence-electron chi connectivity index (χ4n) is 3.10. The van der Waals surface area contributed by atoms with Crippen LogP contribution in [0.25, 0.3) is 0 Å². The normalized spacial score (nSPS) is 41.0. The van der Waals surface area contributed by atoms with Crippen LogP contribution >= 0.6 is 0 Å². The summed E-state index contributed by atoms with van der Waals surface area (Å²) in [5, 5.41) is 0. The predicted octanol–water partition coefficient (Wildman–Crippen LogP) is 3.60. The first-order chi connectivity index (χ1) is 7.12. The van der Waals surface area contributed by atoms with Crippen molar-refractivity contribution in [2.45, 2.75) is 65.3 Å². The second-order valence-corrected chi connectivity index (χ2v) is 4.75. The lowest BCUT2D eigenvalue weighted by molar-refractivity contribution is -0.218. The van der Waals surface area contributed by atoms with Gasteiger partial charge in [-0.25, -0.2) is 0 Å². The van der Waals surface area contributed by atoms with E-state index in [0.717, 1.165) is 12.8 Å². The summed E-state index contributed by atoms with van der Waals surface area (Å²) in [6, 6.07) is 0. The molecule has 0 aromatic carbocycles. The van der Waals surface area contributed by atoms with Gasteiger partial charge in [-0.05, 0) is 25.7 Å². The van der Waals surface area contributed by atoms with Gasteiger partial charge < -0.3 is 9.47 Å². The molecule has 0 spiro atoms. The Balaban J connectivity index is 2.80. The molecule has 0 radical (unpaired) electrons. The molecule has 1 heterocycles. The van der Waals surface area contributed by atoms with Gasteiger partial charge in [-0.15, -0.1) is 0 Å². The van der Waals surface area contributed by atoms with E-state index in [1.807, 2.05) is 0 Å². The Hall–Kier alpha value is -0.0800. The number of ether oxygens (including phenoxy) is 2. The highest BCUT2D eigenvalue weighted by Crippen LogP contribution is 2.45. The van der Waals surface area contributed by atoms with Crippen molar-refractivity contribution in [1.82, 2.24) is 0 Å². The molecular formula is C13H26O2. The molecule has 0 aliphatic carbocycles. The maximum absolute atomic E-state index is 6.12. The van der Waals surface area contributed by atoms with Gasteiger partial charge in [-0.3, -0.25) is 0 Å². The van der Waals surface area contributed by atoms with Gasteiger partial charge in [0.1, 0.15) is 0 Å². The predicted molar refractivity (Wildman–Crippen MR) is 62.8 cm³/mol. The maximum Gasteiger partial charge on any atom is 0.168 e. The molecular weight excluding hydrogens is 188 g/mol. The molecule has 0 aromatic rings. The van der Waals surface area contributed by atoms with E-state index >= 15 is 0 Å². The highest BCUT2D eigenvalue weighted by molar-refractivity contribution is 4.92. The molecule has 2 nitrogen and oxygen atoms in total. The quantitative estimate of drug-likeness (QED) is 0.696. The maximum atomic E-state index is 6.12. The first kappa shape index (κ1) is 13.0. The summed E-state index contributed by atoms with van der Waals surface area (Å²) in [7, 11) is 1.77. The van der Waals surface area contributed by atoms with Crippen LogP contribution in [-0.4, -0.2) is 19.0 Å². The van der Waals surface area contributed by atoms with Crippen molar-refractivity contribution in [3.63, 3.8) is 0 Å². The molecule has 4 atom stereocenters. The Morgan fingerprint density at radius 1 is 1.20 bits per heavy atom. The Morgan fingerprint density at radius 3 is 2.27 bits per heavy atom. The molecule has 0 aromatic heterocycles. The lowest BCUT2D eigenvalue weighted by Crippen LogP contribution is -2.35. The largest absolute Gasteiger partial charge is 0.353 e. The van der Waals surface area contributed by atoms with E-state index in [4.69, 9.17) is 9.47 Å². The summed E-state index contributed by atoms with van der Waals surface area (Å²) in [5.41, 5.74) is 0. The SMILES string of the molecule is CCCC1O[C@](C)(OC)C(CC)[C@@H]1CC. The summed E-state index contributed by atoms with van der Waals surface area (Å²) < 4.78 is 11.7. The van der Waals surface area contributed by atoms with Crippen LogP contribution in [-0.2, 0) is 9.47 Å². The van der Waals surface area contributed by atoms with Crippen LogP contribution in [0.5, 0.6) is 0 Å². The Morgan fingerprint density at radius 2 is 1.87 bits per heavy atom. The molecule has 0 amide bonds. The molecule has 1 fully saturated rings. The summed E-state index contributed by atoms with van der Waals surface area (Å²) in [5.74, 6) is 0.860. The molecule has 2 unspecified atom stereocenters. The molecule has 1 rings (SSSR count). The summed E-state index contributed by atoms with van der Waals surface area (Å²) in [4.78, 5) is 0. The third-order valence-corrected chi connectivity index (χ3v) is 3.94. The monoisotopic (exact) mass is 214 g/mol. The minimum Gasteiger partial charge on any atom is -0.353 e. The topological polar surface area (TPSA) is 18.5 Å². The lowest BCUT2D eigenvalue weighted by Gasteiger charge is -2.29. The van der Waals surface area contributed by atoms with Crippen molar-refractivity contribution in [2.75, 3.05) is 7.11 Å². The number of hydrogen-bond donors (Lipinski definition) is 0. The molecule has 15 heavy (non-hydrogen) atoms. The van der Waals surface area contributed by atoms with Crippen LogP contribution in [0.4, 0.5) is 0 Å². The third-order valence-electron chi connectivity index (χ3n) is 3.94. The van der Waals surface area contributed by atoms with Crippen LogP contribution in [0.3, 0.4) is 0 Å². The van der Waals surface area contributed by atoms with Crippen LogP contribution in [0.1, 0.15) is 53.4 Å². The van der Waals surface area contributed by atoms with Gasteiger partial charge in [-0.1, -0.05) is 33.6 Å². The van der Waals surface area contributed by atoms with Gasteiger partial charge in [0.15, 0.2) is 5.79 Å². The molecule has 0 N–H and O–H groups in total. The van der Waals surface area contributed by atoms with Crippen LogP contribution < -0.4 is 0 Å². The fourth-order valence-corrected chi connectivity index (χ4v) is 3.10. The smallest absolute Gasteiger partial charge is 0.168 e. The molecule has 90 valence electrons. The van der Waals surface area contributed by atoms with Gasteiger partial charge in [0.25, 0.3) is 0 Å². The highest BCUT2D eigenvalue weighted by atomic mass is 16.7. The zero-order valence-electron chi connectivity index (χ0n) is 10.9. The average molecular weight is 214 g/mol. The first-order valence-electron chi connectivity index (χ1n) is 6.35. The number of methoxy groups -OCH3 is 1. The van der Waals surface area contributed by atoms with Crippen molar-refractivity contribution in [2.24, 2.45) is 11.8 Å². The van der Waals surface area contributed by atoms with Crippen molar-refractivity contribution < 1.29 is 9.47 Å². The van der Waals surface area contributed by atoms with E-state index in [0.29, 0.717) is 17.9 Å². The molecule has 2 heteroatoms. The average Bonchev–Trinajstić information content (AvgIpc) is 2.51. The van der Waals surface area contributed by atoms with E-state index in [2.05, 4.69) is 27.7 Å².